The average molecular weight is 469 g/mol. The van der Waals surface area contributed by atoms with Gasteiger partial charge in [0.15, 0.2) is 5.13 Å². The molecule has 1 atom stereocenters. The van der Waals surface area contributed by atoms with Gasteiger partial charge in [-0.05, 0) is 37.1 Å². The van der Waals surface area contributed by atoms with Gasteiger partial charge in [-0.15, -0.1) is 11.3 Å². The number of amides is 4. The molecule has 0 spiro atoms. The molecule has 7 nitrogen and oxygen atoms in total. The zero-order valence-corrected chi connectivity index (χ0v) is 19.1. The summed E-state index contributed by atoms with van der Waals surface area (Å²) in [5, 5.41) is 6.46. The number of anilines is 1. The van der Waals surface area contributed by atoms with Gasteiger partial charge >= 0.3 is 6.03 Å². The molecule has 1 fully saturated rings. The number of hydrogen-bond acceptors (Lipinski definition) is 5. The summed E-state index contributed by atoms with van der Waals surface area (Å²) in [6.45, 7) is 3.19. The van der Waals surface area contributed by atoms with Crippen molar-refractivity contribution >= 4 is 45.9 Å². The van der Waals surface area contributed by atoms with Crippen molar-refractivity contribution in [3.63, 3.8) is 0 Å². The smallest absolute Gasteiger partial charge is 0.319 e. The minimum absolute atomic E-state index is 0.391. The third-order valence-electron chi connectivity index (χ3n) is 5.30. The number of carbonyl (C=O) groups is 3. The summed E-state index contributed by atoms with van der Waals surface area (Å²) in [6.07, 6.45) is 2.35. The molecule has 1 aliphatic rings. The second-order valence-corrected chi connectivity index (χ2v) is 9.35. The molecule has 2 heterocycles. The Bertz CT molecular complexity index is 1180. The maximum absolute atomic E-state index is 13.0. The molecule has 0 saturated carbocycles. The first-order valence-electron chi connectivity index (χ1n) is 9.95. The normalized spacial score (nSPS) is 18.0. The van der Waals surface area contributed by atoms with E-state index in [0.717, 1.165) is 20.9 Å². The highest BCUT2D eigenvalue weighted by atomic mass is 35.5. The third-order valence-corrected chi connectivity index (χ3v) is 6.46. The molecular weight excluding hydrogens is 448 g/mol. The fraction of sp³-hybridized carbons (Fsp3) is 0.217. The zero-order chi connectivity index (χ0) is 22.9. The lowest BCUT2D eigenvalue weighted by Crippen LogP contribution is -2.42. The van der Waals surface area contributed by atoms with Crippen molar-refractivity contribution in [3.05, 3.63) is 81.3 Å². The SMILES string of the molecule is Cc1ccc(C2(C)NC(=O)N(CC(=O)Nc3ncc(Cc4ccc(Cl)cc4)s3)C2=O)cc1. The van der Waals surface area contributed by atoms with Crippen molar-refractivity contribution in [1.82, 2.24) is 15.2 Å². The first-order chi connectivity index (χ1) is 15.2. The van der Waals surface area contributed by atoms with Crippen LogP contribution in [-0.4, -0.2) is 34.3 Å². The predicted octanol–water partition coefficient (Wildman–Crippen LogP) is 4.10. The summed E-state index contributed by atoms with van der Waals surface area (Å²) < 4.78 is 0. The van der Waals surface area contributed by atoms with Gasteiger partial charge in [-0.25, -0.2) is 9.78 Å². The molecule has 1 unspecified atom stereocenters. The molecular formula is C23H21ClN4O3S. The van der Waals surface area contributed by atoms with Crippen LogP contribution in [0.2, 0.25) is 5.02 Å². The number of aryl methyl sites for hydroxylation is 1. The van der Waals surface area contributed by atoms with Gasteiger partial charge in [0, 0.05) is 22.5 Å². The lowest BCUT2D eigenvalue weighted by atomic mass is 9.91. The lowest BCUT2D eigenvalue weighted by molar-refractivity contribution is -0.133. The monoisotopic (exact) mass is 468 g/mol. The van der Waals surface area contributed by atoms with E-state index >= 15 is 0 Å². The number of nitrogens with zero attached hydrogens (tertiary/aromatic N) is 2. The lowest BCUT2D eigenvalue weighted by Gasteiger charge is -2.22. The van der Waals surface area contributed by atoms with Crippen molar-refractivity contribution in [3.8, 4) is 0 Å². The second-order valence-electron chi connectivity index (χ2n) is 7.80. The molecule has 2 aromatic carbocycles. The Labute approximate surface area is 194 Å². The maximum Gasteiger partial charge on any atom is 0.325 e. The van der Waals surface area contributed by atoms with E-state index in [-0.39, 0.29) is 0 Å². The van der Waals surface area contributed by atoms with Crippen molar-refractivity contribution < 1.29 is 14.4 Å². The van der Waals surface area contributed by atoms with E-state index in [1.165, 1.54) is 11.3 Å². The fourth-order valence-electron chi connectivity index (χ4n) is 3.48. The van der Waals surface area contributed by atoms with Crippen molar-refractivity contribution in [2.24, 2.45) is 0 Å². The third kappa shape index (κ3) is 4.51. The Morgan fingerprint density at radius 1 is 1.16 bits per heavy atom. The van der Waals surface area contributed by atoms with Crippen molar-refractivity contribution in [2.45, 2.75) is 25.8 Å². The summed E-state index contributed by atoms with van der Waals surface area (Å²) in [4.78, 5) is 44.1. The summed E-state index contributed by atoms with van der Waals surface area (Å²) in [7, 11) is 0. The van der Waals surface area contributed by atoms with E-state index in [0.29, 0.717) is 22.1 Å². The Morgan fingerprint density at radius 2 is 1.84 bits per heavy atom. The van der Waals surface area contributed by atoms with Gasteiger partial charge in [0.1, 0.15) is 12.1 Å². The molecule has 164 valence electrons. The van der Waals surface area contributed by atoms with Crippen molar-refractivity contribution in [2.75, 3.05) is 11.9 Å². The van der Waals surface area contributed by atoms with Crippen LogP contribution < -0.4 is 10.6 Å². The molecule has 2 N–H and O–H groups in total. The number of nitrogens with one attached hydrogen (secondary N) is 2. The van der Waals surface area contributed by atoms with Crippen LogP contribution in [0.3, 0.4) is 0 Å². The van der Waals surface area contributed by atoms with E-state index in [9.17, 15) is 14.4 Å². The summed E-state index contributed by atoms with van der Waals surface area (Å²) in [5.74, 6) is -0.960. The van der Waals surface area contributed by atoms with Crippen LogP contribution in [0.1, 0.15) is 28.5 Å². The van der Waals surface area contributed by atoms with Gasteiger partial charge in [-0.2, -0.15) is 0 Å². The van der Waals surface area contributed by atoms with Gasteiger partial charge < -0.3 is 10.6 Å². The number of aromatic nitrogens is 1. The van der Waals surface area contributed by atoms with E-state index in [1.54, 1.807) is 25.3 Å². The first kappa shape index (κ1) is 22.0. The number of benzene rings is 2. The van der Waals surface area contributed by atoms with Crippen molar-refractivity contribution in [1.29, 1.82) is 0 Å². The number of imide groups is 1. The van der Waals surface area contributed by atoms with E-state index in [1.807, 2.05) is 43.3 Å². The molecule has 32 heavy (non-hydrogen) atoms. The first-order valence-corrected chi connectivity index (χ1v) is 11.1. The molecule has 0 bridgehead atoms. The van der Waals surface area contributed by atoms with Gasteiger partial charge in [-0.1, -0.05) is 53.6 Å². The number of thiazole rings is 1. The van der Waals surface area contributed by atoms with Crippen LogP contribution in [0.25, 0.3) is 0 Å². The highest BCUT2D eigenvalue weighted by molar-refractivity contribution is 7.15. The van der Waals surface area contributed by atoms with Crippen LogP contribution in [0.5, 0.6) is 0 Å². The molecule has 4 amide bonds. The minimum Gasteiger partial charge on any atom is -0.319 e. The number of hydrogen-bond donors (Lipinski definition) is 2. The predicted molar refractivity (Wildman–Crippen MR) is 124 cm³/mol. The summed E-state index contributed by atoms with van der Waals surface area (Å²) in [5.41, 5.74) is 1.57. The van der Waals surface area contributed by atoms with Crippen LogP contribution in [0.4, 0.5) is 9.93 Å². The van der Waals surface area contributed by atoms with Gasteiger partial charge in [0.25, 0.3) is 5.91 Å². The molecule has 0 aliphatic carbocycles. The molecule has 1 aromatic heterocycles. The molecule has 4 rings (SSSR count). The largest absolute Gasteiger partial charge is 0.325 e. The van der Waals surface area contributed by atoms with E-state index < -0.39 is 29.9 Å². The zero-order valence-electron chi connectivity index (χ0n) is 17.5. The Hall–Kier alpha value is -3.23. The Morgan fingerprint density at radius 3 is 2.53 bits per heavy atom. The van der Waals surface area contributed by atoms with Gasteiger partial charge in [0.2, 0.25) is 5.91 Å². The highest BCUT2D eigenvalue weighted by Gasteiger charge is 2.49. The number of carbonyl (C=O) groups excluding carboxylic acids is 3. The fourth-order valence-corrected chi connectivity index (χ4v) is 4.46. The molecule has 1 saturated heterocycles. The van der Waals surface area contributed by atoms with Gasteiger partial charge in [-0.3, -0.25) is 14.5 Å². The highest BCUT2D eigenvalue weighted by Crippen LogP contribution is 2.29. The average Bonchev–Trinajstić information content (AvgIpc) is 3.28. The van der Waals surface area contributed by atoms with E-state index in [2.05, 4.69) is 15.6 Å². The maximum atomic E-state index is 13.0. The standard InChI is InChI=1S/C23H21ClN4O3S/c1-14-3-7-16(8-4-14)23(2)20(30)28(22(31)27-23)13-19(29)26-21-25-12-18(32-21)11-15-5-9-17(24)10-6-15/h3-10,12H,11,13H2,1-2H3,(H,27,31)(H,25,26,29). The quantitative estimate of drug-likeness (QED) is 0.533. The molecule has 0 radical (unpaired) electrons. The topological polar surface area (TPSA) is 91.4 Å². The van der Waals surface area contributed by atoms with E-state index in [4.69, 9.17) is 11.6 Å². The Kier molecular flexibility index (Phi) is 5.99. The second kappa shape index (κ2) is 8.72. The summed E-state index contributed by atoms with van der Waals surface area (Å²) in [6, 6.07) is 14.3. The minimum atomic E-state index is -1.21. The molecule has 9 heteroatoms. The van der Waals surface area contributed by atoms with Gasteiger partial charge in [0.05, 0.1) is 0 Å². The van der Waals surface area contributed by atoms with Crippen LogP contribution in [-0.2, 0) is 21.5 Å². The van der Waals surface area contributed by atoms with Crippen LogP contribution >= 0.6 is 22.9 Å². The Balaban J connectivity index is 1.39. The molecule has 3 aromatic rings. The number of urea groups is 1. The number of halogens is 1. The van der Waals surface area contributed by atoms with Crippen LogP contribution in [0, 0.1) is 6.92 Å². The summed E-state index contributed by atoms with van der Waals surface area (Å²) >= 11 is 7.25. The molecule has 1 aliphatic heterocycles. The number of rotatable bonds is 6. The van der Waals surface area contributed by atoms with Crippen LogP contribution in [0.15, 0.2) is 54.7 Å².